The number of alkyl halides is 4. The number of benzene rings is 2. The lowest BCUT2D eigenvalue weighted by Crippen LogP contribution is -2.37. The van der Waals surface area contributed by atoms with Crippen LogP contribution >= 0.6 is 0 Å². The van der Waals surface area contributed by atoms with E-state index in [4.69, 9.17) is 5.26 Å². The molecule has 1 saturated carbocycles. The van der Waals surface area contributed by atoms with Crippen molar-refractivity contribution in [3.8, 4) is 17.6 Å². The van der Waals surface area contributed by atoms with E-state index in [0.717, 1.165) is 19.3 Å². The predicted octanol–water partition coefficient (Wildman–Crippen LogP) is 8.21. The Morgan fingerprint density at radius 1 is 0.833 bits per heavy atom. The lowest BCUT2D eigenvalue weighted by Gasteiger charge is -2.33. The highest BCUT2D eigenvalue weighted by Crippen LogP contribution is 2.43. The second-order valence-electron chi connectivity index (χ2n) is 8.78. The van der Waals surface area contributed by atoms with Crippen LogP contribution in [-0.4, -0.2) is 6.11 Å². The van der Waals surface area contributed by atoms with Gasteiger partial charge in [-0.15, -0.1) is 0 Å². The highest BCUT2D eigenvalue weighted by Gasteiger charge is 2.45. The molecular formula is C25H23F8NO2. The Morgan fingerprint density at radius 3 is 1.83 bits per heavy atom. The molecule has 0 N–H and O–H groups in total. The van der Waals surface area contributed by atoms with Gasteiger partial charge in [0.05, 0.1) is 5.92 Å². The maximum absolute atomic E-state index is 14.7. The van der Waals surface area contributed by atoms with Gasteiger partial charge in [-0.25, -0.2) is 17.6 Å². The van der Waals surface area contributed by atoms with Crippen molar-refractivity contribution >= 4 is 0 Å². The van der Waals surface area contributed by atoms with Crippen molar-refractivity contribution < 1.29 is 44.6 Å². The molecule has 3 rings (SSSR count). The molecule has 2 aromatic carbocycles. The Bertz CT molecular complexity index is 1080. The van der Waals surface area contributed by atoms with E-state index in [1.807, 2.05) is 6.92 Å². The smallest absolute Gasteiger partial charge is 0.432 e. The monoisotopic (exact) mass is 521 g/mol. The Kier molecular flexibility index (Phi) is 8.37. The van der Waals surface area contributed by atoms with Gasteiger partial charge in [0, 0.05) is 24.3 Å². The first-order valence-electron chi connectivity index (χ1n) is 11.4. The fourth-order valence-corrected chi connectivity index (χ4v) is 4.32. The molecule has 11 heteroatoms. The number of nitrogens with zero attached hydrogens (tertiary/aromatic N) is 1. The molecule has 0 heterocycles. The number of unbranched alkanes of at least 4 members (excludes halogenated alkanes) is 1. The molecule has 0 aliphatic heterocycles. The third kappa shape index (κ3) is 6.20. The summed E-state index contributed by atoms with van der Waals surface area (Å²) in [6, 6.07) is 1.97. The van der Waals surface area contributed by atoms with Gasteiger partial charge in [0.2, 0.25) is 0 Å². The van der Waals surface area contributed by atoms with Gasteiger partial charge in [-0.05, 0) is 31.6 Å². The Morgan fingerprint density at radius 2 is 1.33 bits per heavy atom. The van der Waals surface area contributed by atoms with Gasteiger partial charge in [0.15, 0.2) is 0 Å². The minimum atomic E-state index is -4.79. The van der Waals surface area contributed by atoms with Crippen LogP contribution in [0.3, 0.4) is 0 Å². The van der Waals surface area contributed by atoms with E-state index in [-0.39, 0.29) is 37.1 Å². The summed E-state index contributed by atoms with van der Waals surface area (Å²) in [5.41, 5.74) is -3.04. The molecule has 1 fully saturated rings. The van der Waals surface area contributed by atoms with Crippen LogP contribution in [0.25, 0.3) is 0 Å². The van der Waals surface area contributed by atoms with Gasteiger partial charge in [-0.2, -0.15) is 22.8 Å². The van der Waals surface area contributed by atoms with Gasteiger partial charge in [0.1, 0.15) is 52.0 Å². The van der Waals surface area contributed by atoms with Crippen LogP contribution in [0.2, 0.25) is 0 Å². The van der Waals surface area contributed by atoms with E-state index in [1.54, 1.807) is 0 Å². The first-order chi connectivity index (χ1) is 16.9. The molecule has 0 spiro atoms. The van der Waals surface area contributed by atoms with Crippen LogP contribution in [0.15, 0.2) is 24.3 Å². The molecule has 2 aromatic rings. The minimum Gasteiger partial charge on any atom is -0.432 e. The van der Waals surface area contributed by atoms with Crippen LogP contribution < -0.4 is 9.47 Å². The summed E-state index contributed by atoms with van der Waals surface area (Å²) in [6.45, 7) is 2.03. The Labute approximate surface area is 202 Å². The quantitative estimate of drug-likeness (QED) is 0.312. The molecule has 1 aliphatic carbocycles. The summed E-state index contributed by atoms with van der Waals surface area (Å²) in [5, 5.41) is 8.62. The Balaban J connectivity index is 1.75. The molecule has 0 amide bonds. The summed E-state index contributed by atoms with van der Waals surface area (Å²) < 4.78 is 123. The molecular weight excluding hydrogens is 498 g/mol. The molecule has 0 saturated heterocycles. The fourth-order valence-electron chi connectivity index (χ4n) is 4.32. The number of rotatable bonds is 9. The van der Waals surface area contributed by atoms with Crippen LogP contribution in [-0.2, 0) is 6.11 Å². The van der Waals surface area contributed by atoms with Crippen molar-refractivity contribution in [2.24, 2.45) is 11.8 Å². The van der Waals surface area contributed by atoms with E-state index in [9.17, 15) is 35.1 Å². The van der Waals surface area contributed by atoms with Crippen molar-refractivity contribution in [2.75, 3.05) is 0 Å². The van der Waals surface area contributed by atoms with Crippen LogP contribution in [0, 0.1) is 46.4 Å². The fraction of sp³-hybridized carbons (Fsp3) is 0.480. The largest absolute Gasteiger partial charge is 0.432 e. The second-order valence-corrected chi connectivity index (χ2v) is 8.78. The van der Waals surface area contributed by atoms with E-state index < -0.39 is 64.0 Å². The van der Waals surface area contributed by atoms with Crippen molar-refractivity contribution in [1.82, 2.24) is 0 Å². The third-order valence-electron chi connectivity index (χ3n) is 6.22. The summed E-state index contributed by atoms with van der Waals surface area (Å²) in [4.78, 5) is 0. The molecule has 1 aliphatic rings. The van der Waals surface area contributed by atoms with Gasteiger partial charge in [0.25, 0.3) is 0 Å². The average molecular weight is 521 g/mol. The zero-order valence-corrected chi connectivity index (χ0v) is 19.2. The van der Waals surface area contributed by atoms with Gasteiger partial charge in [-0.3, -0.25) is 0 Å². The summed E-state index contributed by atoms with van der Waals surface area (Å²) >= 11 is 0. The van der Waals surface area contributed by atoms with Crippen molar-refractivity contribution in [3.05, 3.63) is 58.7 Å². The summed E-state index contributed by atoms with van der Waals surface area (Å²) in [6.07, 6.45) is -4.23. The number of ether oxygens (including phenoxy) is 2. The molecule has 0 bridgehead atoms. The normalized spacial score (nSPS) is 18.6. The number of hydrogen-bond donors (Lipinski definition) is 0. The maximum Gasteiger partial charge on any atom is 0.432 e. The van der Waals surface area contributed by atoms with Gasteiger partial charge in [-0.1, -0.05) is 26.2 Å². The third-order valence-corrected chi connectivity index (χ3v) is 6.22. The first kappa shape index (κ1) is 27.6. The summed E-state index contributed by atoms with van der Waals surface area (Å²) in [5.74, 6) is -10.0. The molecule has 0 atom stereocenters. The highest BCUT2D eigenvalue weighted by molar-refractivity contribution is 5.39. The molecule has 36 heavy (non-hydrogen) atoms. The predicted molar refractivity (Wildman–Crippen MR) is 113 cm³/mol. The van der Waals surface area contributed by atoms with E-state index >= 15 is 0 Å². The number of hydrogen-bond acceptors (Lipinski definition) is 3. The number of halogens is 8. The van der Waals surface area contributed by atoms with E-state index in [0.29, 0.717) is 18.8 Å². The molecule has 3 nitrogen and oxygen atoms in total. The molecule has 0 aromatic heterocycles. The van der Waals surface area contributed by atoms with E-state index in [1.165, 1.54) is 6.07 Å². The van der Waals surface area contributed by atoms with Crippen LogP contribution in [0.4, 0.5) is 35.1 Å². The van der Waals surface area contributed by atoms with Gasteiger partial charge < -0.3 is 9.47 Å². The molecule has 0 unspecified atom stereocenters. The SMILES string of the molecule is CCCCC1CCC(C(F)(F)Oc2cc(F)c(C(F)(F)Oc3cc(F)c(C#N)c(F)c3)c(F)c2)CC1. The zero-order chi connectivity index (χ0) is 26.7. The van der Waals surface area contributed by atoms with Gasteiger partial charge >= 0.3 is 12.2 Å². The van der Waals surface area contributed by atoms with E-state index in [2.05, 4.69) is 9.47 Å². The zero-order valence-electron chi connectivity index (χ0n) is 19.2. The average Bonchev–Trinajstić information content (AvgIpc) is 2.76. The Hall–Kier alpha value is -3.03. The van der Waals surface area contributed by atoms with Crippen molar-refractivity contribution in [2.45, 2.75) is 64.1 Å². The lowest BCUT2D eigenvalue weighted by atomic mass is 9.79. The lowest BCUT2D eigenvalue weighted by molar-refractivity contribution is -0.223. The standard InChI is InChI=1S/C25H23F8NO2/c1-2-3-4-14-5-7-15(8-6-14)24(30,31)35-17-11-21(28)23(22(29)12-17)25(32,33)36-16-9-19(26)18(13-34)20(27)10-16/h9-12,14-15H,2-8H2,1H3. The van der Waals surface area contributed by atoms with Crippen molar-refractivity contribution in [3.63, 3.8) is 0 Å². The van der Waals surface area contributed by atoms with Crippen LogP contribution in [0.1, 0.15) is 63.0 Å². The highest BCUT2D eigenvalue weighted by atomic mass is 19.3. The molecule has 196 valence electrons. The minimum absolute atomic E-state index is 0.147. The summed E-state index contributed by atoms with van der Waals surface area (Å²) in [7, 11) is 0. The van der Waals surface area contributed by atoms with Crippen LogP contribution in [0.5, 0.6) is 11.5 Å². The topological polar surface area (TPSA) is 42.2 Å². The first-order valence-corrected chi connectivity index (χ1v) is 11.4. The number of nitriles is 1. The molecule has 0 radical (unpaired) electrons. The maximum atomic E-state index is 14.7. The second kappa shape index (κ2) is 10.9. The van der Waals surface area contributed by atoms with Crippen molar-refractivity contribution in [1.29, 1.82) is 5.26 Å².